The summed E-state index contributed by atoms with van der Waals surface area (Å²) in [6.07, 6.45) is 1.18. The van der Waals surface area contributed by atoms with Crippen molar-refractivity contribution in [1.29, 1.82) is 0 Å². The molecule has 5 rings (SSSR count). The van der Waals surface area contributed by atoms with Crippen LogP contribution in [0.2, 0.25) is 0 Å². The van der Waals surface area contributed by atoms with Crippen LogP contribution in [0, 0.1) is 11.6 Å². The highest BCUT2D eigenvalue weighted by atomic mass is 19.1. The summed E-state index contributed by atoms with van der Waals surface area (Å²) in [4.78, 5) is 39.6. The summed E-state index contributed by atoms with van der Waals surface area (Å²) in [6, 6.07) is 0.284. The van der Waals surface area contributed by atoms with Gasteiger partial charge in [-0.25, -0.2) is 8.78 Å². The van der Waals surface area contributed by atoms with Crippen LogP contribution in [0.3, 0.4) is 0 Å². The molecule has 7 nitrogen and oxygen atoms in total. The van der Waals surface area contributed by atoms with Crippen LogP contribution in [0.25, 0.3) is 0 Å². The van der Waals surface area contributed by atoms with Crippen molar-refractivity contribution in [3.05, 3.63) is 28.8 Å². The number of piperidine rings is 1. The number of halogens is 2. The van der Waals surface area contributed by atoms with E-state index in [2.05, 4.69) is 10.6 Å². The molecule has 142 valence electrons. The number of anilines is 1. The average Bonchev–Trinajstić information content (AvgIpc) is 3.30. The van der Waals surface area contributed by atoms with Gasteiger partial charge in [0.25, 0.3) is 5.91 Å². The molecule has 3 fully saturated rings. The first kappa shape index (κ1) is 16.6. The first-order valence-corrected chi connectivity index (χ1v) is 9.09. The van der Waals surface area contributed by atoms with E-state index in [0.717, 1.165) is 19.0 Å². The van der Waals surface area contributed by atoms with Crippen LogP contribution in [-0.2, 0) is 16.1 Å². The molecule has 4 aliphatic rings. The first-order valence-electron chi connectivity index (χ1n) is 9.09. The van der Waals surface area contributed by atoms with E-state index in [4.69, 9.17) is 0 Å². The van der Waals surface area contributed by atoms with Crippen molar-refractivity contribution in [2.45, 2.75) is 43.9 Å². The molecule has 3 amide bonds. The summed E-state index contributed by atoms with van der Waals surface area (Å²) in [5.41, 5.74) is 0.408. The van der Waals surface area contributed by atoms with E-state index in [1.165, 1.54) is 4.90 Å². The summed E-state index contributed by atoms with van der Waals surface area (Å²) in [7, 11) is 0. The lowest BCUT2D eigenvalue weighted by Crippen LogP contribution is -2.52. The lowest BCUT2D eigenvalue weighted by Gasteiger charge is -2.32. The molecule has 3 saturated heterocycles. The van der Waals surface area contributed by atoms with Gasteiger partial charge in [-0.15, -0.1) is 0 Å². The van der Waals surface area contributed by atoms with Gasteiger partial charge >= 0.3 is 0 Å². The second-order valence-electron chi connectivity index (χ2n) is 7.59. The molecular weight excluding hydrogens is 358 g/mol. The Labute approximate surface area is 153 Å². The van der Waals surface area contributed by atoms with Crippen molar-refractivity contribution in [1.82, 2.24) is 15.5 Å². The summed E-state index contributed by atoms with van der Waals surface area (Å²) >= 11 is 0. The summed E-state index contributed by atoms with van der Waals surface area (Å²) < 4.78 is 29.2. The third-order valence-electron chi connectivity index (χ3n) is 6.04. The van der Waals surface area contributed by atoms with Gasteiger partial charge in [0.15, 0.2) is 0 Å². The van der Waals surface area contributed by atoms with E-state index in [1.54, 1.807) is 0 Å². The van der Waals surface area contributed by atoms with Crippen molar-refractivity contribution in [3.8, 4) is 0 Å². The Balaban J connectivity index is 1.54. The van der Waals surface area contributed by atoms with Gasteiger partial charge in [0.05, 0.1) is 11.3 Å². The van der Waals surface area contributed by atoms with E-state index in [1.807, 2.05) is 4.90 Å². The van der Waals surface area contributed by atoms with E-state index < -0.39 is 29.5 Å². The number of nitrogens with one attached hydrogen (secondary N) is 2. The van der Waals surface area contributed by atoms with Crippen LogP contribution < -0.4 is 15.5 Å². The van der Waals surface area contributed by atoms with E-state index in [9.17, 15) is 23.2 Å². The Kier molecular flexibility index (Phi) is 3.52. The standard InChI is InChI=1S/C18H18F2N4O3/c19-11-4-12(20)16(23-6-8-3-9(23)5-21-8)10-7-24(18(27)15(10)11)13-1-2-14(25)22-17(13)26/h4,8-9,13,21H,1-3,5-7H2,(H,22,25,26). The van der Waals surface area contributed by atoms with Gasteiger partial charge in [-0.3, -0.25) is 19.7 Å². The van der Waals surface area contributed by atoms with Gasteiger partial charge in [0, 0.05) is 49.8 Å². The van der Waals surface area contributed by atoms with Gasteiger partial charge in [-0.1, -0.05) is 0 Å². The lowest BCUT2D eigenvalue weighted by molar-refractivity contribution is -0.136. The molecular formula is C18H18F2N4O3. The Bertz CT molecular complexity index is 890. The molecule has 0 aliphatic carbocycles. The Morgan fingerprint density at radius 1 is 1.11 bits per heavy atom. The third kappa shape index (κ3) is 2.37. The summed E-state index contributed by atoms with van der Waals surface area (Å²) in [6.45, 7) is 1.29. The highest BCUT2D eigenvalue weighted by molar-refractivity contribution is 6.06. The zero-order valence-corrected chi connectivity index (χ0v) is 14.4. The second-order valence-corrected chi connectivity index (χ2v) is 7.59. The van der Waals surface area contributed by atoms with Crippen LogP contribution in [0.4, 0.5) is 14.5 Å². The van der Waals surface area contributed by atoms with E-state index in [-0.39, 0.29) is 48.6 Å². The normalized spacial score (nSPS) is 29.6. The van der Waals surface area contributed by atoms with Crippen molar-refractivity contribution < 1.29 is 23.2 Å². The first-order chi connectivity index (χ1) is 12.9. The Morgan fingerprint density at radius 3 is 2.59 bits per heavy atom. The SMILES string of the molecule is O=C1CCC(N2Cc3c(c(F)cc(F)c3N3CC4CC3CN4)C2=O)C(=O)N1. The molecule has 27 heavy (non-hydrogen) atoms. The highest BCUT2D eigenvalue weighted by Crippen LogP contribution is 2.41. The zero-order chi connectivity index (χ0) is 18.9. The van der Waals surface area contributed by atoms with Crippen molar-refractivity contribution in [3.63, 3.8) is 0 Å². The second kappa shape index (κ2) is 5.72. The fraction of sp³-hybridized carbons (Fsp3) is 0.500. The van der Waals surface area contributed by atoms with Crippen LogP contribution in [0.15, 0.2) is 6.07 Å². The minimum Gasteiger partial charge on any atom is -0.363 e. The number of imide groups is 1. The molecule has 2 bridgehead atoms. The topological polar surface area (TPSA) is 81.8 Å². The molecule has 0 radical (unpaired) electrons. The molecule has 4 heterocycles. The maximum Gasteiger partial charge on any atom is 0.258 e. The van der Waals surface area contributed by atoms with Gasteiger partial charge in [-0.2, -0.15) is 0 Å². The third-order valence-corrected chi connectivity index (χ3v) is 6.04. The smallest absolute Gasteiger partial charge is 0.258 e. The number of benzene rings is 1. The predicted octanol–water partition coefficient (Wildman–Crippen LogP) is 0.276. The molecule has 1 aromatic rings. The fourth-order valence-electron chi connectivity index (χ4n) is 4.81. The molecule has 0 spiro atoms. The van der Waals surface area contributed by atoms with Gasteiger partial charge in [0.2, 0.25) is 11.8 Å². The number of amides is 3. The molecule has 0 aromatic heterocycles. The van der Waals surface area contributed by atoms with Gasteiger partial charge in [-0.05, 0) is 12.8 Å². The largest absolute Gasteiger partial charge is 0.363 e. The zero-order valence-electron chi connectivity index (χ0n) is 14.4. The van der Waals surface area contributed by atoms with Crippen LogP contribution in [0.1, 0.15) is 35.2 Å². The number of rotatable bonds is 2. The maximum absolute atomic E-state index is 14.8. The predicted molar refractivity (Wildman–Crippen MR) is 89.9 cm³/mol. The molecule has 3 atom stereocenters. The Hall–Kier alpha value is -2.55. The molecule has 9 heteroatoms. The highest BCUT2D eigenvalue weighted by Gasteiger charge is 2.45. The Morgan fingerprint density at radius 2 is 1.93 bits per heavy atom. The molecule has 2 N–H and O–H groups in total. The lowest BCUT2D eigenvalue weighted by atomic mass is 10.0. The number of nitrogens with zero attached hydrogens (tertiary/aromatic N) is 2. The minimum atomic E-state index is -0.909. The van der Waals surface area contributed by atoms with Crippen molar-refractivity contribution >= 4 is 23.4 Å². The maximum atomic E-state index is 14.8. The summed E-state index contributed by atoms with van der Waals surface area (Å²) in [5, 5.41) is 5.55. The van der Waals surface area contributed by atoms with E-state index in [0.29, 0.717) is 12.1 Å². The van der Waals surface area contributed by atoms with Gasteiger partial charge < -0.3 is 15.1 Å². The molecule has 4 aliphatic heterocycles. The van der Waals surface area contributed by atoms with Crippen molar-refractivity contribution in [2.24, 2.45) is 0 Å². The van der Waals surface area contributed by atoms with Crippen molar-refractivity contribution in [2.75, 3.05) is 18.0 Å². The number of hydrogen-bond donors (Lipinski definition) is 2. The molecule has 3 unspecified atom stereocenters. The molecule has 1 aromatic carbocycles. The molecule has 0 saturated carbocycles. The fourth-order valence-corrected chi connectivity index (χ4v) is 4.81. The van der Waals surface area contributed by atoms with Crippen LogP contribution in [0.5, 0.6) is 0 Å². The van der Waals surface area contributed by atoms with Crippen LogP contribution in [-0.4, -0.2) is 53.8 Å². The quantitative estimate of drug-likeness (QED) is 0.725. The average molecular weight is 376 g/mol. The minimum absolute atomic E-state index is 0.0359. The van der Waals surface area contributed by atoms with Crippen LogP contribution >= 0.6 is 0 Å². The summed E-state index contributed by atoms with van der Waals surface area (Å²) in [5.74, 6) is -3.18. The number of piperazine rings is 1. The number of carbonyl (C=O) groups is 3. The van der Waals surface area contributed by atoms with Gasteiger partial charge in [0.1, 0.15) is 17.7 Å². The number of hydrogen-bond acceptors (Lipinski definition) is 5. The van der Waals surface area contributed by atoms with E-state index >= 15 is 0 Å². The number of carbonyl (C=O) groups excluding carboxylic acids is 3. The number of fused-ring (bicyclic) bond motifs is 3. The monoisotopic (exact) mass is 376 g/mol.